The molecule has 15 heavy (non-hydrogen) atoms. The maximum Gasteiger partial charge on any atom is 0.0506 e. The molecule has 1 aliphatic heterocycles. The van der Waals surface area contributed by atoms with Crippen LogP contribution in [0, 0.1) is 5.92 Å². The van der Waals surface area contributed by atoms with Crippen molar-refractivity contribution in [1.29, 1.82) is 0 Å². The summed E-state index contributed by atoms with van der Waals surface area (Å²) in [6.45, 7) is 7.70. The molecule has 90 valence electrons. The van der Waals surface area contributed by atoms with E-state index in [9.17, 15) is 0 Å². The molecule has 1 N–H and O–H groups in total. The van der Waals surface area contributed by atoms with E-state index in [0.717, 1.165) is 38.5 Å². The van der Waals surface area contributed by atoms with Gasteiger partial charge in [-0.2, -0.15) is 0 Å². The van der Waals surface area contributed by atoms with Crippen LogP contribution in [0.2, 0.25) is 0 Å². The van der Waals surface area contributed by atoms with Crippen LogP contribution in [0.3, 0.4) is 0 Å². The molecule has 1 unspecified atom stereocenters. The summed E-state index contributed by atoms with van der Waals surface area (Å²) >= 11 is 0. The Labute approximate surface area is 93.4 Å². The van der Waals surface area contributed by atoms with Crippen LogP contribution in [0.5, 0.6) is 0 Å². The maximum absolute atomic E-state index is 8.73. The van der Waals surface area contributed by atoms with Crippen LogP contribution in [0.15, 0.2) is 0 Å². The highest BCUT2D eigenvalue weighted by molar-refractivity contribution is 4.72. The third kappa shape index (κ3) is 5.50. The van der Waals surface area contributed by atoms with Gasteiger partial charge in [-0.3, -0.25) is 0 Å². The van der Waals surface area contributed by atoms with E-state index in [1.807, 2.05) is 0 Å². The molecular weight excluding hydrogens is 190 g/mol. The summed E-state index contributed by atoms with van der Waals surface area (Å²) in [6.07, 6.45) is 4.68. The lowest BCUT2D eigenvalue weighted by atomic mass is 9.99. The van der Waals surface area contributed by atoms with Gasteiger partial charge in [-0.05, 0) is 51.6 Å². The SMILES string of the molecule is CCOCC1CCCN(CCCCO)C1. The Morgan fingerprint density at radius 3 is 3.00 bits per heavy atom. The lowest BCUT2D eigenvalue weighted by Crippen LogP contribution is -2.37. The topological polar surface area (TPSA) is 32.7 Å². The monoisotopic (exact) mass is 215 g/mol. The van der Waals surface area contributed by atoms with Crippen LogP contribution < -0.4 is 0 Å². The third-order valence-corrected chi connectivity index (χ3v) is 3.04. The summed E-state index contributed by atoms with van der Waals surface area (Å²) in [5.74, 6) is 0.729. The van der Waals surface area contributed by atoms with E-state index in [1.54, 1.807) is 0 Å². The molecule has 3 nitrogen and oxygen atoms in total. The molecule has 0 aliphatic carbocycles. The van der Waals surface area contributed by atoms with Crippen molar-refractivity contribution in [3.63, 3.8) is 0 Å². The zero-order valence-electron chi connectivity index (χ0n) is 9.95. The van der Waals surface area contributed by atoms with Crippen LogP contribution >= 0.6 is 0 Å². The molecule has 3 heteroatoms. The molecular formula is C12H25NO2. The molecule has 1 fully saturated rings. The maximum atomic E-state index is 8.73. The van der Waals surface area contributed by atoms with E-state index in [-0.39, 0.29) is 0 Å². The van der Waals surface area contributed by atoms with Gasteiger partial charge in [0.15, 0.2) is 0 Å². The first kappa shape index (κ1) is 12.9. The molecule has 1 heterocycles. The Kier molecular flexibility index (Phi) is 6.98. The van der Waals surface area contributed by atoms with E-state index in [2.05, 4.69) is 11.8 Å². The quantitative estimate of drug-likeness (QED) is 0.653. The summed E-state index contributed by atoms with van der Waals surface area (Å²) < 4.78 is 5.48. The van der Waals surface area contributed by atoms with Crippen molar-refractivity contribution in [1.82, 2.24) is 4.90 Å². The minimum absolute atomic E-state index is 0.330. The van der Waals surface area contributed by atoms with Gasteiger partial charge in [0.1, 0.15) is 0 Å². The summed E-state index contributed by atoms with van der Waals surface area (Å²) in [7, 11) is 0. The van der Waals surface area contributed by atoms with Crippen molar-refractivity contribution in [2.45, 2.75) is 32.6 Å². The number of hydrogen-bond donors (Lipinski definition) is 1. The Balaban J connectivity index is 2.11. The van der Waals surface area contributed by atoms with Gasteiger partial charge in [-0.15, -0.1) is 0 Å². The molecule has 0 amide bonds. The van der Waals surface area contributed by atoms with Crippen LogP contribution in [-0.4, -0.2) is 49.5 Å². The van der Waals surface area contributed by atoms with Crippen molar-refractivity contribution in [2.75, 3.05) is 39.5 Å². The zero-order valence-corrected chi connectivity index (χ0v) is 9.95. The molecule has 1 aliphatic rings. The second kappa shape index (κ2) is 8.08. The first-order valence-corrected chi connectivity index (χ1v) is 6.27. The Morgan fingerprint density at radius 1 is 1.40 bits per heavy atom. The average molecular weight is 215 g/mol. The van der Waals surface area contributed by atoms with Gasteiger partial charge in [-0.1, -0.05) is 0 Å². The van der Waals surface area contributed by atoms with Gasteiger partial charge in [0, 0.05) is 19.8 Å². The highest BCUT2D eigenvalue weighted by Gasteiger charge is 2.19. The Morgan fingerprint density at radius 2 is 2.27 bits per heavy atom. The Bertz CT molecular complexity index is 153. The lowest BCUT2D eigenvalue weighted by Gasteiger charge is -2.32. The highest BCUT2D eigenvalue weighted by atomic mass is 16.5. The van der Waals surface area contributed by atoms with E-state index in [4.69, 9.17) is 9.84 Å². The molecule has 0 aromatic carbocycles. The van der Waals surface area contributed by atoms with Crippen molar-refractivity contribution in [3.05, 3.63) is 0 Å². The molecule has 0 radical (unpaired) electrons. The number of ether oxygens (including phenoxy) is 1. The van der Waals surface area contributed by atoms with Crippen molar-refractivity contribution < 1.29 is 9.84 Å². The van der Waals surface area contributed by atoms with Gasteiger partial charge < -0.3 is 14.7 Å². The van der Waals surface area contributed by atoms with E-state index in [0.29, 0.717) is 6.61 Å². The number of nitrogens with zero attached hydrogens (tertiary/aromatic N) is 1. The van der Waals surface area contributed by atoms with Gasteiger partial charge in [0.25, 0.3) is 0 Å². The number of unbranched alkanes of at least 4 members (excludes halogenated alkanes) is 1. The van der Waals surface area contributed by atoms with E-state index < -0.39 is 0 Å². The molecule has 0 spiro atoms. The van der Waals surface area contributed by atoms with Crippen LogP contribution in [0.4, 0.5) is 0 Å². The highest BCUT2D eigenvalue weighted by Crippen LogP contribution is 2.17. The van der Waals surface area contributed by atoms with E-state index in [1.165, 1.54) is 25.9 Å². The summed E-state index contributed by atoms with van der Waals surface area (Å²) in [4.78, 5) is 2.52. The van der Waals surface area contributed by atoms with Crippen LogP contribution in [0.25, 0.3) is 0 Å². The number of piperidine rings is 1. The zero-order chi connectivity index (χ0) is 10.9. The standard InChI is InChI=1S/C12H25NO2/c1-2-15-11-12-6-5-8-13(10-12)7-3-4-9-14/h12,14H,2-11H2,1H3. The van der Waals surface area contributed by atoms with Crippen molar-refractivity contribution in [2.24, 2.45) is 5.92 Å². The molecule has 1 atom stereocenters. The number of rotatable bonds is 7. The summed E-state index contributed by atoms with van der Waals surface area (Å²) in [5.41, 5.74) is 0. The molecule has 1 rings (SSSR count). The molecule has 0 bridgehead atoms. The lowest BCUT2D eigenvalue weighted by molar-refractivity contribution is 0.0661. The fraction of sp³-hybridized carbons (Fsp3) is 1.00. The minimum Gasteiger partial charge on any atom is -0.396 e. The average Bonchev–Trinajstić information content (AvgIpc) is 2.27. The van der Waals surface area contributed by atoms with Crippen molar-refractivity contribution >= 4 is 0 Å². The van der Waals surface area contributed by atoms with Gasteiger partial charge in [0.05, 0.1) is 6.61 Å². The number of hydrogen-bond acceptors (Lipinski definition) is 3. The predicted molar refractivity (Wildman–Crippen MR) is 62.0 cm³/mol. The van der Waals surface area contributed by atoms with Crippen LogP contribution in [-0.2, 0) is 4.74 Å². The summed E-state index contributed by atoms with van der Waals surface area (Å²) in [6, 6.07) is 0. The summed E-state index contributed by atoms with van der Waals surface area (Å²) in [5, 5.41) is 8.73. The van der Waals surface area contributed by atoms with Gasteiger partial charge in [-0.25, -0.2) is 0 Å². The smallest absolute Gasteiger partial charge is 0.0506 e. The van der Waals surface area contributed by atoms with Gasteiger partial charge in [0.2, 0.25) is 0 Å². The second-order valence-electron chi connectivity index (χ2n) is 4.40. The second-order valence-corrected chi connectivity index (χ2v) is 4.40. The normalized spacial score (nSPS) is 23.2. The molecule has 0 aromatic rings. The van der Waals surface area contributed by atoms with Crippen molar-refractivity contribution in [3.8, 4) is 0 Å². The number of aliphatic hydroxyl groups is 1. The van der Waals surface area contributed by atoms with E-state index >= 15 is 0 Å². The first-order chi connectivity index (χ1) is 7.36. The third-order valence-electron chi connectivity index (χ3n) is 3.04. The molecule has 0 saturated carbocycles. The number of likely N-dealkylation sites (tertiary alicyclic amines) is 1. The van der Waals surface area contributed by atoms with Gasteiger partial charge >= 0.3 is 0 Å². The largest absolute Gasteiger partial charge is 0.396 e. The minimum atomic E-state index is 0.330. The fourth-order valence-electron chi connectivity index (χ4n) is 2.22. The molecule has 1 saturated heterocycles. The number of aliphatic hydroxyl groups excluding tert-OH is 1. The Hall–Kier alpha value is -0.120. The first-order valence-electron chi connectivity index (χ1n) is 6.27. The van der Waals surface area contributed by atoms with Crippen LogP contribution in [0.1, 0.15) is 32.6 Å². The predicted octanol–water partition coefficient (Wildman–Crippen LogP) is 1.51. The molecule has 0 aromatic heterocycles. The fourth-order valence-corrected chi connectivity index (χ4v) is 2.22.